The Morgan fingerprint density at radius 1 is 1.04 bits per heavy atom. The first kappa shape index (κ1) is 15.5. The Kier molecular flexibility index (Phi) is 4.22. The zero-order chi connectivity index (χ0) is 17.1. The van der Waals surface area contributed by atoms with E-state index in [1.54, 1.807) is 29.5 Å². The Labute approximate surface area is 148 Å². The lowest BCUT2D eigenvalue weighted by Gasteiger charge is -2.21. The average Bonchev–Trinajstić information content (AvgIpc) is 3.32. The van der Waals surface area contributed by atoms with Crippen LogP contribution in [0.3, 0.4) is 0 Å². The Morgan fingerprint density at radius 3 is 2.76 bits per heavy atom. The van der Waals surface area contributed by atoms with Crippen LogP contribution in [-0.4, -0.2) is 24.5 Å². The largest absolute Gasteiger partial charge is 0.467 e. The van der Waals surface area contributed by atoms with Gasteiger partial charge in [-0.1, -0.05) is 6.07 Å². The van der Waals surface area contributed by atoms with Gasteiger partial charge in [0, 0.05) is 11.8 Å². The fourth-order valence-electron chi connectivity index (χ4n) is 2.58. The minimum atomic E-state index is -0.100. The molecule has 0 N–H and O–H groups in total. The van der Waals surface area contributed by atoms with E-state index in [1.165, 1.54) is 0 Å². The summed E-state index contributed by atoms with van der Waals surface area (Å²) in [5.74, 6) is 0.623. The third-order valence-electron chi connectivity index (χ3n) is 3.79. The zero-order valence-corrected chi connectivity index (χ0v) is 14.0. The van der Waals surface area contributed by atoms with E-state index in [2.05, 4.69) is 13.7 Å². The van der Waals surface area contributed by atoms with Crippen LogP contribution in [0.15, 0.2) is 65.4 Å². The van der Waals surface area contributed by atoms with E-state index in [-0.39, 0.29) is 5.91 Å². The van der Waals surface area contributed by atoms with Crippen LogP contribution < -0.4 is 0 Å². The van der Waals surface area contributed by atoms with Crippen LogP contribution in [0, 0.1) is 0 Å². The van der Waals surface area contributed by atoms with Gasteiger partial charge in [-0.2, -0.15) is 8.75 Å². The number of benzene rings is 1. The monoisotopic (exact) mass is 350 g/mol. The van der Waals surface area contributed by atoms with Gasteiger partial charge in [0.05, 0.1) is 36.8 Å². The molecule has 0 radical (unpaired) electrons. The Balaban J connectivity index is 1.64. The van der Waals surface area contributed by atoms with E-state index in [4.69, 9.17) is 4.42 Å². The number of hydrogen-bond acceptors (Lipinski definition) is 6. The average molecular weight is 350 g/mol. The number of fused-ring (bicyclic) bond motifs is 1. The number of furan rings is 1. The maximum atomic E-state index is 13.1. The molecule has 1 amide bonds. The van der Waals surface area contributed by atoms with Gasteiger partial charge in [0.2, 0.25) is 0 Å². The third-order valence-corrected chi connectivity index (χ3v) is 4.35. The molecule has 0 atom stereocenters. The minimum Gasteiger partial charge on any atom is -0.467 e. The van der Waals surface area contributed by atoms with Gasteiger partial charge < -0.3 is 9.32 Å². The minimum absolute atomic E-state index is 0.100. The van der Waals surface area contributed by atoms with Gasteiger partial charge in [0.15, 0.2) is 0 Å². The lowest BCUT2D eigenvalue weighted by atomic mass is 10.1. The number of pyridine rings is 1. The summed E-state index contributed by atoms with van der Waals surface area (Å²) < 4.78 is 13.8. The molecule has 4 rings (SSSR count). The molecule has 0 aliphatic rings. The van der Waals surface area contributed by atoms with Crippen LogP contribution in [0.5, 0.6) is 0 Å². The standard InChI is InChI=1S/C18H14N4O2S/c23-18(13-6-7-16-17(10-13)21-25-20-16)22(12-15-5-3-9-24-15)11-14-4-1-2-8-19-14/h1-10H,11-12H2. The van der Waals surface area contributed by atoms with Crippen LogP contribution in [-0.2, 0) is 13.1 Å². The summed E-state index contributed by atoms with van der Waals surface area (Å²) in [5.41, 5.74) is 2.91. The Hall–Kier alpha value is -3.06. The summed E-state index contributed by atoms with van der Waals surface area (Å²) in [6, 6.07) is 14.7. The number of hydrogen-bond donors (Lipinski definition) is 0. The quantitative estimate of drug-likeness (QED) is 0.551. The van der Waals surface area contributed by atoms with E-state index < -0.39 is 0 Å². The molecule has 0 aliphatic heterocycles. The molecule has 4 aromatic rings. The lowest BCUT2D eigenvalue weighted by Crippen LogP contribution is -2.30. The van der Waals surface area contributed by atoms with Gasteiger partial charge in [-0.3, -0.25) is 9.78 Å². The summed E-state index contributed by atoms with van der Waals surface area (Å²) in [5, 5.41) is 0. The molecule has 3 aromatic heterocycles. The number of carbonyl (C=O) groups excluding carboxylic acids is 1. The summed E-state index contributed by atoms with van der Waals surface area (Å²) in [7, 11) is 0. The second kappa shape index (κ2) is 6.82. The Morgan fingerprint density at radius 2 is 1.96 bits per heavy atom. The van der Waals surface area contributed by atoms with E-state index in [0.717, 1.165) is 34.2 Å². The second-order valence-corrected chi connectivity index (χ2v) is 6.06. The van der Waals surface area contributed by atoms with Gasteiger partial charge in [0.25, 0.3) is 5.91 Å². The van der Waals surface area contributed by atoms with Gasteiger partial charge >= 0.3 is 0 Å². The summed E-state index contributed by atoms with van der Waals surface area (Å²) in [6.07, 6.45) is 3.32. The van der Waals surface area contributed by atoms with Crippen molar-refractivity contribution in [2.45, 2.75) is 13.1 Å². The predicted octanol–water partition coefficient (Wildman–Crippen LogP) is 3.52. The molecule has 124 valence electrons. The fourth-order valence-corrected chi connectivity index (χ4v) is 3.09. The molecule has 0 saturated heterocycles. The highest BCUT2D eigenvalue weighted by atomic mass is 32.1. The fraction of sp³-hybridized carbons (Fsp3) is 0.111. The van der Waals surface area contributed by atoms with Crippen LogP contribution in [0.1, 0.15) is 21.8 Å². The number of nitrogens with zero attached hydrogens (tertiary/aromatic N) is 4. The summed E-state index contributed by atoms with van der Waals surface area (Å²) >= 11 is 1.14. The van der Waals surface area contributed by atoms with Gasteiger partial charge in [0.1, 0.15) is 16.8 Å². The third kappa shape index (κ3) is 3.41. The van der Waals surface area contributed by atoms with Crippen molar-refractivity contribution in [3.8, 4) is 0 Å². The first-order valence-electron chi connectivity index (χ1n) is 7.73. The molecule has 0 aliphatic carbocycles. The van der Waals surface area contributed by atoms with E-state index in [9.17, 15) is 4.79 Å². The van der Waals surface area contributed by atoms with Gasteiger partial charge in [-0.25, -0.2) is 0 Å². The molecule has 1 aromatic carbocycles. The molecule has 0 fully saturated rings. The molecule has 6 nitrogen and oxygen atoms in total. The Bertz CT molecular complexity index is 983. The van der Waals surface area contributed by atoms with Crippen molar-refractivity contribution < 1.29 is 9.21 Å². The van der Waals surface area contributed by atoms with Crippen LogP contribution in [0.2, 0.25) is 0 Å². The lowest BCUT2D eigenvalue weighted by molar-refractivity contribution is 0.0715. The molecule has 0 unspecified atom stereocenters. The molecule has 0 saturated carbocycles. The molecule has 25 heavy (non-hydrogen) atoms. The van der Waals surface area contributed by atoms with Crippen LogP contribution >= 0.6 is 11.7 Å². The number of carbonyl (C=O) groups is 1. The molecular formula is C18H14N4O2S. The van der Waals surface area contributed by atoms with E-state index >= 15 is 0 Å². The van der Waals surface area contributed by atoms with Crippen molar-refractivity contribution in [3.05, 3.63) is 78.0 Å². The topological polar surface area (TPSA) is 72.1 Å². The van der Waals surface area contributed by atoms with Crippen molar-refractivity contribution in [2.75, 3.05) is 0 Å². The van der Waals surface area contributed by atoms with Crippen molar-refractivity contribution >= 4 is 28.7 Å². The van der Waals surface area contributed by atoms with Crippen molar-refractivity contribution in [1.29, 1.82) is 0 Å². The van der Waals surface area contributed by atoms with Crippen molar-refractivity contribution in [3.63, 3.8) is 0 Å². The first-order valence-corrected chi connectivity index (χ1v) is 8.46. The summed E-state index contributed by atoms with van der Waals surface area (Å²) in [6.45, 7) is 0.767. The zero-order valence-electron chi connectivity index (χ0n) is 13.2. The maximum absolute atomic E-state index is 13.1. The smallest absolute Gasteiger partial charge is 0.254 e. The van der Waals surface area contributed by atoms with Crippen molar-refractivity contribution in [1.82, 2.24) is 18.6 Å². The first-order chi connectivity index (χ1) is 12.3. The normalized spacial score (nSPS) is 10.9. The highest BCUT2D eigenvalue weighted by molar-refractivity contribution is 7.00. The molecule has 0 bridgehead atoms. The highest BCUT2D eigenvalue weighted by Gasteiger charge is 2.19. The van der Waals surface area contributed by atoms with Crippen LogP contribution in [0.25, 0.3) is 11.0 Å². The summed E-state index contributed by atoms with van der Waals surface area (Å²) in [4.78, 5) is 19.1. The molecule has 0 spiro atoms. The highest BCUT2D eigenvalue weighted by Crippen LogP contribution is 2.18. The van der Waals surface area contributed by atoms with Crippen LogP contribution in [0.4, 0.5) is 0 Å². The van der Waals surface area contributed by atoms with Crippen molar-refractivity contribution in [2.24, 2.45) is 0 Å². The number of amides is 1. The molecule has 7 heteroatoms. The maximum Gasteiger partial charge on any atom is 0.254 e. The molecular weight excluding hydrogens is 336 g/mol. The SMILES string of the molecule is O=C(c1ccc2nsnc2c1)N(Cc1ccccn1)Cc1ccco1. The van der Waals surface area contributed by atoms with Gasteiger partial charge in [-0.15, -0.1) is 0 Å². The predicted molar refractivity (Wildman–Crippen MR) is 93.9 cm³/mol. The number of rotatable bonds is 5. The number of aromatic nitrogens is 3. The van der Waals surface area contributed by atoms with E-state index in [0.29, 0.717) is 18.7 Å². The molecule has 3 heterocycles. The second-order valence-electron chi connectivity index (χ2n) is 5.53. The van der Waals surface area contributed by atoms with Gasteiger partial charge in [-0.05, 0) is 42.5 Å². The van der Waals surface area contributed by atoms with E-state index in [1.807, 2.05) is 36.4 Å².